The molecule has 1 aromatic rings. The highest BCUT2D eigenvalue weighted by atomic mass is 15.2. The van der Waals surface area contributed by atoms with Gasteiger partial charge >= 0.3 is 0 Å². The van der Waals surface area contributed by atoms with E-state index in [4.69, 9.17) is 0 Å². The van der Waals surface area contributed by atoms with E-state index in [2.05, 4.69) is 46.8 Å². The molecule has 0 saturated heterocycles. The largest absolute Gasteiger partial charge is 0.356 e. The summed E-state index contributed by atoms with van der Waals surface area (Å²) in [5.74, 6) is 1.74. The average Bonchev–Trinajstić information content (AvgIpc) is 2.36. The first-order valence-corrected chi connectivity index (χ1v) is 6.93. The van der Waals surface area contributed by atoms with Gasteiger partial charge in [0.25, 0.3) is 0 Å². The Kier molecular flexibility index (Phi) is 3.22. The summed E-state index contributed by atoms with van der Waals surface area (Å²) < 4.78 is 0. The second-order valence-corrected chi connectivity index (χ2v) is 5.38. The molecule has 0 atom stereocenters. The number of aryl methyl sites for hydroxylation is 1. The van der Waals surface area contributed by atoms with E-state index in [9.17, 15) is 0 Å². The van der Waals surface area contributed by atoms with E-state index >= 15 is 0 Å². The number of rotatable bonds is 2. The van der Waals surface area contributed by atoms with Gasteiger partial charge in [-0.3, -0.25) is 4.99 Å². The molecule has 0 aromatic heterocycles. The summed E-state index contributed by atoms with van der Waals surface area (Å²) in [6.07, 6.45) is 3.61. The lowest BCUT2D eigenvalue weighted by Crippen LogP contribution is -2.50. The molecule has 1 heterocycles. The Balaban J connectivity index is 1.54. The SMILES string of the molecule is Cc1ccccc1C1CC(NC2=NCCCN2)C1. The molecule has 0 radical (unpaired) electrons. The van der Waals surface area contributed by atoms with Gasteiger partial charge in [-0.1, -0.05) is 24.3 Å². The maximum absolute atomic E-state index is 4.46. The normalized spacial score (nSPS) is 26.8. The number of nitrogens with zero attached hydrogens (tertiary/aromatic N) is 1. The number of hydrogen-bond acceptors (Lipinski definition) is 3. The predicted octanol–water partition coefficient (Wildman–Crippen LogP) is 2.18. The maximum Gasteiger partial charge on any atom is 0.191 e. The van der Waals surface area contributed by atoms with Gasteiger partial charge in [0, 0.05) is 19.1 Å². The minimum Gasteiger partial charge on any atom is -0.356 e. The molecule has 0 bridgehead atoms. The van der Waals surface area contributed by atoms with Crippen LogP contribution in [0.3, 0.4) is 0 Å². The highest BCUT2D eigenvalue weighted by Gasteiger charge is 2.31. The quantitative estimate of drug-likeness (QED) is 0.835. The fourth-order valence-corrected chi connectivity index (χ4v) is 2.86. The summed E-state index contributed by atoms with van der Waals surface area (Å²) in [6, 6.07) is 9.35. The first kappa shape index (κ1) is 11.6. The maximum atomic E-state index is 4.46. The highest BCUT2D eigenvalue weighted by molar-refractivity contribution is 5.80. The Labute approximate surface area is 109 Å². The standard InChI is InChI=1S/C15H21N3/c1-11-5-2-3-6-14(11)12-9-13(10-12)18-15-16-7-4-8-17-15/h2-3,5-6,12-13H,4,7-10H2,1H3,(H2,16,17,18). The highest BCUT2D eigenvalue weighted by Crippen LogP contribution is 2.38. The second-order valence-electron chi connectivity index (χ2n) is 5.38. The van der Waals surface area contributed by atoms with Gasteiger partial charge in [-0.25, -0.2) is 0 Å². The zero-order valence-electron chi connectivity index (χ0n) is 10.9. The third-order valence-electron chi connectivity index (χ3n) is 4.00. The number of aliphatic imine (C=N–C) groups is 1. The molecule has 1 aromatic carbocycles. The first-order valence-electron chi connectivity index (χ1n) is 6.93. The van der Waals surface area contributed by atoms with Gasteiger partial charge in [0.05, 0.1) is 0 Å². The van der Waals surface area contributed by atoms with Crippen LogP contribution < -0.4 is 10.6 Å². The van der Waals surface area contributed by atoms with Crippen molar-refractivity contribution < 1.29 is 0 Å². The van der Waals surface area contributed by atoms with Crippen molar-refractivity contribution in [3.8, 4) is 0 Å². The molecule has 0 amide bonds. The third-order valence-corrected chi connectivity index (χ3v) is 4.00. The van der Waals surface area contributed by atoms with Gasteiger partial charge in [0.15, 0.2) is 5.96 Å². The van der Waals surface area contributed by atoms with E-state index in [0.29, 0.717) is 6.04 Å². The van der Waals surface area contributed by atoms with Gasteiger partial charge in [-0.05, 0) is 43.2 Å². The number of hydrogen-bond donors (Lipinski definition) is 2. The van der Waals surface area contributed by atoms with Crippen molar-refractivity contribution in [3.63, 3.8) is 0 Å². The zero-order chi connectivity index (χ0) is 12.4. The molecule has 2 N–H and O–H groups in total. The second kappa shape index (κ2) is 5.01. The van der Waals surface area contributed by atoms with Crippen molar-refractivity contribution in [1.82, 2.24) is 10.6 Å². The van der Waals surface area contributed by atoms with E-state index < -0.39 is 0 Å². The van der Waals surface area contributed by atoms with Crippen LogP contribution in [0.25, 0.3) is 0 Å². The lowest BCUT2D eigenvalue weighted by Gasteiger charge is -2.38. The van der Waals surface area contributed by atoms with E-state index in [-0.39, 0.29) is 0 Å². The number of nitrogens with one attached hydrogen (secondary N) is 2. The molecule has 1 aliphatic carbocycles. The lowest BCUT2D eigenvalue weighted by molar-refractivity contribution is 0.320. The molecular weight excluding hydrogens is 222 g/mol. The molecule has 1 saturated carbocycles. The third kappa shape index (κ3) is 2.35. The molecule has 18 heavy (non-hydrogen) atoms. The van der Waals surface area contributed by atoms with Crippen LogP contribution in [0, 0.1) is 6.92 Å². The van der Waals surface area contributed by atoms with Crippen molar-refractivity contribution in [2.24, 2.45) is 4.99 Å². The van der Waals surface area contributed by atoms with E-state index in [1.807, 2.05) is 0 Å². The van der Waals surface area contributed by atoms with Gasteiger partial charge < -0.3 is 10.6 Å². The summed E-state index contributed by atoms with van der Waals surface area (Å²) in [5, 5.41) is 6.84. The van der Waals surface area contributed by atoms with Crippen molar-refractivity contribution in [1.29, 1.82) is 0 Å². The van der Waals surface area contributed by atoms with E-state index in [1.165, 1.54) is 24.0 Å². The van der Waals surface area contributed by atoms with Crippen LogP contribution in [0.1, 0.15) is 36.3 Å². The smallest absolute Gasteiger partial charge is 0.191 e. The molecule has 3 heteroatoms. The molecule has 1 aliphatic heterocycles. The monoisotopic (exact) mass is 243 g/mol. The van der Waals surface area contributed by atoms with Gasteiger partial charge in [-0.15, -0.1) is 0 Å². The molecule has 1 fully saturated rings. The zero-order valence-corrected chi connectivity index (χ0v) is 10.9. The van der Waals surface area contributed by atoms with Crippen LogP contribution in [-0.2, 0) is 0 Å². The van der Waals surface area contributed by atoms with Crippen molar-refractivity contribution in [2.75, 3.05) is 13.1 Å². The minimum atomic E-state index is 0.596. The van der Waals surface area contributed by atoms with Crippen molar-refractivity contribution in [3.05, 3.63) is 35.4 Å². The van der Waals surface area contributed by atoms with Crippen LogP contribution in [0.4, 0.5) is 0 Å². The van der Waals surface area contributed by atoms with Crippen molar-refractivity contribution in [2.45, 2.75) is 38.1 Å². The van der Waals surface area contributed by atoms with Crippen LogP contribution >= 0.6 is 0 Å². The molecule has 0 unspecified atom stereocenters. The summed E-state index contributed by atoms with van der Waals surface area (Å²) in [4.78, 5) is 4.46. The first-order chi connectivity index (χ1) is 8.83. The van der Waals surface area contributed by atoms with E-state index in [1.54, 1.807) is 0 Å². The number of benzene rings is 1. The summed E-state index contributed by atoms with van der Waals surface area (Å²) in [6.45, 7) is 4.23. The Morgan fingerprint density at radius 2 is 2.11 bits per heavy atom. The van der Waals surface area contributed by atoms with Crippen molar-refractivity contribution >= 4 is 5.96 Å². The molecule has 96 valence electrons. The predicted molar refractivity (Wildman–Crippen MR) is 75.0 cm³/mol. The molecule has 3 nitrogen and oxygen atoms in total. The Hall–Kier alpha value is -1.51. The average molecular weight is 243 g/mol. The van der Waals surface area contributed by atoms with Gasteiger partial charge in [0.1, 0.15) is 0 Å². The van der Waals surface area contributed by atoms with Gasteiger partial charge in [-0.2, -0.15) is 0 Å². The fourth-order valence-electron chi connectivity index (χ4n) is 2.86. The number of guanidine groups is 1. The molecule has 2 aliphatic rings. The lowest BCUT2D eigenvalue weighted by atomic mass is 9.74. The molecule has 3 rings (SSSR count). The molecule has 0 spiro atoms. The minimum absolute atomic E-state index is 0.596. The Morgan fingerprint density at radius 1 is 1.28 bits per heavy atom. The van der Waals surface area contributed by atoms with Crippen LogP contribution in [-0.4, -0.2) is 25.1 Å². The van der Waals surface area contributed by atoms with Gasteiger partial charge in [0.2, 0.25) is 0 Å². The van der Waals surface area contributed by atoms with Crippen LogP contribution in [0.15, 0.2) is 29.3 Å². The topological polar surface area (TPSA) is 36.4 Å². The summed E-state index contributed by atoms with van der Waals surface area (Å²) in [5.41, 5.74) is 2.95. The molecular formula is C15H21N3. The summed E-state index contributed by atoms with van der Waals surface area (Å²) >= 11 is 0. The Bertz CT molecular complexity index is 447. The van der Waals surface area contributed by atoms with E-state index in [0.717, 1.165) is 31.4 Å². The van der Waals surface area contributed by atoms with Crippen LogP contribution in [0.2, 0.25) is 0 Å². The van der Waals surface area contributed by atoms with Crippen LogP contribution in [0.5, 0.6) is 0 Å². The summed E-state index contributed by atoms with van der Waals surface area (Å²) in [7, 11) is 0. The Morgan fingerprint density at radius 3 is 2.83 bits per heavy atom. The fraction of sp³-hybridized carbons (Fsp3) is 0.533.